The zero-order valence-corrected chi connectivity index (χ0v) is 10.5. The molecule has 1 unspecified atom stereocenters. The van der Waals surface area contributed by atoms with Crippen molar-refractivity contribution >= 4 is 6.08 Å². The molecule has 2 rings (SSSR count). The number of hydrogen-bond acceptors (Lipinski definition) is 4. The van der Waals surface area contributed by atoms with Crippen LogP contribution >= 0.6 is 0 Å². The van der Waals surface area contributed by atoms with Crippen LogP contribution in [0, 0.1) is 11.3 Å². The van der Waals surface area contributed by atoms with Crippen molar-refractivity contribution in [1.29, 1.82) is 5.26 Å². The van der Waals surface area contributed by atoms with Gasteiger partial charge in [-0.3, -0.25) is 9.97 Å². The van der Waals surface area contributed by atoms with Gasteiger partial charge < -0.3 is 4.74 Å². The monoisotopic (exact) mass is 251 g/mol. The van der Waals surface area contributed by atoms with Gasteiger partial charge in [-0.05, 0) is 29.8 Å². The smallest absolute Gasteiger partial charge is 0.114 e. The fraction of sp³-hybridized carbons (Fsp3) is 0.133. The van der Waals surface area contributed by atoms with Crippen LogP contribution in [0.4, 0.5) is 0 Å². The fourth-order valence-electron chi connectivity index (χ4n) is 1.80. The Kier molecular flexibility index (Phi) is 4.25. The minimum absolute atomic E-state index is 0.416. The average molecular weight is 251 g/mol. The van der Waals surface area contributed by atoms with Crippen LogP contribution in [-0.2, 0) is 4.74 Å². The third-order valence-corrected chi connectivity index (χ3v) is 2.70. The summed E-state index contributed by atoms with van der Waals surface area (Å²) in [5.74, 6) is -0.416. The minimum atomic E-state index is -0.416. The summed E-state index contributed by atoms with van der Waals surface area (Å²) in [4.78, 5) is 8.29. The molecule has 2 aromatic heterocycles. The van der Waals surface area contributed by atoms with Crippen molar-refractivity contribution in [1.82, 2.24) is 9.97 Å². The lowest BCUT2D eigenvalue weighted by molar-refractivity contribution is 0.341. The lowest BCUT2D eigenvalue weighted by Gasteiger charge is -2.11. The predicted octanol–water partition coefficient (Wildman–Crippen LogP) is 2.75. The molecule has 19 heavy (non-hydrogen) atoms. The Hall–Kier alpha value is -2.67. The van der Waals surface area contributed by atoms with Crippen LogP contribution in [0.1, 0.15) is 22.7 Å². The van der Waals surface area contributed by atoms with Crippen LogP contribution in [0.25, 0.3) is 6.08 Å². The molecule has 0 radical (unpaired) electrons. The zero-order chi connectivity index (χ0) is 13.5. The number of rotatable bonds is 4. The number of pyridine rings is 2. The SMILES string of the molecule is CO/C=C/c1cccnc1C(C#N)c1ccncc1. The molecule has 0 saturated heterocycles. The van der Waals surface area contributed by atoms with Gasteiger partial charge in [-0.15, -0.1) is 0 Å². The molecule has 0 aliphatic heterocycles. The Bertz CT molecular complexity index is 602. The standard InChI is InChI=1S/C15H13N3O/c1-19-10-6-13-3-2-7-18-15(13)14(11-16)12-4-8-17-9-5-12/h2-10,14H,1H3/b10-6+. The topological polar surface area (TPSA) is 58.8 Å². The first-order valence-electron chi connectivity index (χ1n) is 5.80. The molecule has 4 nitrogen and oxygen atoms in total. The fourth-order valence-corrected chi connectivity index (χ4v) is 1.80. The summed E-state index contributed by atoms with van der Waals surface area (Å²) in [5, 5.41) is 9.42. The van der Waals surface area contributed by atoms with E-state index in [1.807, 2.05) is 24.3 Å². The van der Waals surface area contributed by atoms with Crippen LogP contribution in [0.5, 0.6) is 0 Å². The Labute approximate surface area is 112 Å². The Morgan fingerprint density at radius 3 is 2.74 bits per heavy atom. The van der Waals surface area contributed by atoms with Gasteiger partial charge >= 0.3 is 0 Å². The van der Waals surface area contributed by atoms with E-state index < -0.39 is 5.92 Å². The van der Waals surface area contributed by atoms with E-state index in [0.29, 0.717) is 5.69 Å². The van der Waals surface area contributed by atoms with Crippen molar-refractivity contribution in [3.63, 3.8) is 0 Å². The molecule has 0 spiro atoms. The molecule has 0 aliphatic carbocycles. The number of methoxy groups -OCH3 is 1. The lowest BCUT2D eigenvalue weighted by Crippen LogP contribution is -2.03. The molecule has 0 bridgehead atoms. The molecule has 2 aromatic rings. The van der Waals surface area contributed by atoms with E-state index >= 15 is 0 Å². The third-order valence-electron chi connectivity index (χ3n) is 2.70. The second-order valence-corrected chi connectivity index (χ2v) is 3.86. The molecule has 4 heteroatoms. The number of ether oxygens (including phenoxy) is 1. The van der Waals surface area contributed by atoms with Gasteiger partial charge in [0, 0.05) is 24.2 Å². The first-order chi connectivity index (χ1) is 9.36. The van der Waals surface area contributed by atoms with Gasteiger partial charge in [0.2, 0.25) is 0 Å². The second kappa shape index (κ2) is 6.31. The van der Waals surface area contributed by atoms with Crippen LogP contribution in [0.3, 0.4) is 0 Å². The largest absolute Gasteiger partial charge is 0.504 e. The highest BCUT2D eigenvalue weighted by atomic mass is 16.5. The Morgan fingerprint density at radius 2 is 2.05 bits per heavy atom. The summed E-state index contributed by atoms with van der Waals surface area (Å²) in [6.45, 7) is 0. The van der Waals surface area contributed by atoms with E-state index in [1.165, 1.54) is 0 Å². The molecule has 94 valence electrons. The summed E-state index contributed by atoms with van der Waals surface area (Å²) in [6.07, 6.45) is 8.40. The van der Waals surface area contributed by atoms with Crippen LogP contribution in [0.2, 0.25) is 0 Å². The third kappa shape index (κ3) is 2.96. The van der Waals surface area contributed by atoms with Gasteiger partial charge in [-0.2, -0.15) is 5.26 Å². The van der Waals surface area contributed by atoms with Crippen molar-refractivity contribution in [2.75, 3.05) is 7.11 Å². The minimum Gasteiger partial charge on any atom is -0.504 e. The molecule has 0 aliphatic rings. The number of aromatic nitrogens is 2. The van der Waals surface area contributed by atoms with Gasteiger partial charge in [-0.25, -0.2) is 0 Å². The average Bonchev–Trinajstić information content (AvgIpc) is 2.48. The molecule has 0 N–H and O–H groups in total. The van der Waals surface area contributed by atoms with E-state index in [0.717, 1.165) is 11.1 Å². The highest BCUT2D eigenvalue weighted by molar-refractivity contribution is 5.54. The zero-order valence-electron chi connectivity index (χ0n) is 10.5. The number of nitriles is 1. The molecule has 0 saturated carbocycles. The predicted molar refractivity (Wildman–Crippen MR) is 72.0 cm³/mol. The lowest BCUT2D eigenvalue weighted by atomic mass is 9.94. The summed E-state index contributed by atoms with van der Waals surface area (Å²) in [5.41, 5.74) is 2.46. The van der Waals surface area contributed by atoms with Crippen LogP contribution < -0.4 is 0 Å². The summed E-state index contributed by atoms with van der Waals surface area (Å²) in [6, 6.07) is 9.68. The van der Waals surface area contributed by atoms with Crippen molar-refractivity contribution in [2.24, 2.45) is 0 Å². The summed E-state index contributed by atoms with van der Waals surface area (Å²) < 4.78 is 4.92. The summed E-state index contributed by atoms with van der Waals surface area (Å²) >= 11 is 0. The Morgan fingerprint density at radius 1 is 1.26 bits per heavy atom. The number of hydrogen-bond donors (Lipinski definition) is 0. The Balaban J connectivity index is 2.45. The highest BCUT2D eigenvalue weighted by Crippen LogP contribution is 2.25. The van der Waals surface area contributed by atoms with Crippen LogP contribution in [-0.4, -0.2) is 17.1 Å². The van der Waals surface area contributed by atoms with Crippen molar-refractivity contribution in [2.45, 2.75) is 5.92 Å². The van der Waals surface area contributed by atoms with Gasteiger partial charge in [0.1, 0.15) is 5.92 Å². The van der Waals surface area contributed by atoms with Crippen molar-refractivity contribution in [3.05, 3.63) is 65.9 Å². The number of nitrogens with zero attached hydrogens (tertiary/aromatic N) is 3. The molecule has 1 atom stereocenters. The quantitative estimate of drug-likeness (QED) is 0.784. The maximum atomic E-state index is 9.42. The molecule has 2 heterocycles. The van der Waals surface area contributed by atoms with E-state index in [-0.39, 0.29) is 0 Å². The molecule has 0 aromatic carbocycles. The summed E-state index contributed by atoms with van der Waals surface area (Å²) in [7, 11) is 1.58. The van der Waals surface area contributed by atoms with Crippen LogP contribution in [0.15, 0.2) is 49.1 Å². The second-order valence-electron chi connectivity index (χ2n) is 3.86. The van der Waals surface area contributed by atoms with Gasteiger partial charge in [-0.1, -0.05) is 6.07 Å². The van der Waals surface area contributed by atoms with E-state index in [9.17, 15) is 5.26 Å². The van der Waals surface area contributed by atoms with E-state index in [2.05, 4.69) is 16.0 Å². The normalized spacial score (nSPS) is 12.0. The van der Waals surface area contributed by atoms with Gasteiger partial charge in [0.25, 0.3) is 0 Å². The maximum absolute atomic E-state index is 9.42. The van der Waals surface area contributed by atoms with Gasteiger partial charge in [0.15, 0.2) is 0 Å². The molecule has 0 amide bonds. The maximum Gasteiger partial charge on any atom is 0.114 e. The van der Waals surface area contributed by atoms with Crippen molar-refractivity contribution in [3.8, 4) is 6.07 Å². The highest BCUT2D eigenvalue weighted by Gasteiger charge is 2.17. The van der Waals surface area contributed by atoms with E-state index in [1.54, 1.807) is 38.0 Å². The molecular weight excluding hydrogens is 238 g/mol. The van der Waals surface area contributed by atoms with Crippen molar-refractivity contribution < 1.29 is 4.74 Å². The molecular formula is C15H13N3O. The van der Waals surface area contributed by atoms with Gasteiger partial charge in [0.05, 0.1) is 25.1 Å². The first kappa shape index (κ1) is 12.8. The first-order valence-corrected chi connectivity index (χ1v) is 5.80. The molecule has 0 fully saturated rings. The van der Waals surface area contributed by atoms with E-state index in [4.69, 9.17) is 4.74 Å².